The van der Waals surface area contributed by atoms with Crippen LogP contribution in [0.4, 0.5) is 22.0 Å². The topological polar surface area (TPSA) is 9.23 Å². The highest BCUT2D eigenvalue weighted by atomic mass is 79.9. The van der Waals surface area contributed by atoms with Gasteiger partial charge in [0.15, 0.2) is 0 Å². The molecule has 0 fully saturated rings. The monoisotopic (exact) mass is 292 g/mol. The molecule has 0 aromatic rings. The molecule has 0 aliphatic heterocycles. The predicted molar refractivity (Wildman–Crippen MR) is 46.4 cm³/mol. The second kappa shape index (κ2) is 4.11. The van der Waals surface area contributed by atoms with Gasteiger partial charge in [-0.2, -0.15) is 22.0 Å². The summed E-state index contributed by atoms with van der Waals surface area (Å²) in [5, 5.41) is 0. The zero-order chi connectivity index (χ0) is 11.7. The molecule has 0 saturated heterocycles. The maximum atomic E-state index is 12.5. The number of allylic oxidation sites excluding steroid dienone is 3. The lowest BCUT2D eigenvalue weighted by Gasteiger charge is -2.22. The second-order valence-corrected chi connectivity index (χ2v) is 3.67. The van der Waals surface area contributed by atoms with E-state index in [1.165, 1.54) is 12.2 Å². The van der Waals surface area contributed by atoms with Crippen molar-refractivity contribution < 1.29 is 26.7 Å². The van der Waals surface area contributed by atoms with Crippen molar-refractivity contribution in [3.05, 3.63) is 22.4 Å². The van der Waals surface area contributed by atoms with Gasteiger partial charge in [0.1, 0.15) is 5.76 Å². The molecule has 0 radical (unpaired) electrons. The van der Waals surface area contributed by atoms with E-state index < -0.39 is 18.0 Å². The zero-order valence-electron chi connectivity index (χ0n) is 7.24. The van der Waals surface area contributed by atoms with E-state index in [0.717, 1.165) is 0 Å². The average molecular weight is 293 g/mol. The summed E-state index contributed by atoms with van der Waals surface area (Å²) in [5.41, 5.74) is 0. The molecule has 0 spiro atoms. The van der Waals surface area contributed by atoms with Crippen molar-refractivity contribution in [1.82, 2.24) is 0 Å². The molecule has 0 heterocycles. The van der Waals surface area contributed by atoms with Crippen molar-refractivity contribution in [2.75, 3.05) is 0 Å². The SMILES string of the molecule is FC(F)(F)C(F)(F)OC1=CCCC=C1Br. The Morgan fingerprint density at radius 3 is 2.07 bits per heavy atom. The van der Waals surface area contributed by atoms with Crippen molar-refractivity contribution in [2.24, 2.45) is 0 Å². The molecule has 0 amide bonds. The number of hydrogen-bond acceptors (Lipinski definition) is 1. The Labute approximate surface area is 90.7 Å². The Bertz CT molecular complexity index is 305. The molecule has 0 aromatic carbocycles. The van der Waals surface area contributed by atoms with E-state index in [9.17, 15) is 22.0 Å². The number of alkyl halides is 5. The Morgan fingerprint density at radius 2 is 1.60 bits per heavy atom. The molecule has 0 saturated carbocycles. The van der Waals surface area contributed by atoms with Crippen molar-refractivity contribution in [1.29, 1.82) is 0 Å². The molecule has 7 heteroatoms. The van der Waals surface area contributed by atoms with E-state index in [-0.39, 0.29) is 4.48 Å². The van der Waals surface area contributed by atoms with Crippen LogP contribution < -0.4 is 0 Å². The number of hydrogen-bond donors (Lipinski definition) is 0. The minimum absolute atomic E-state index is 0.109. The first kappa shape index (κ1) is 12.5. The largest absolute Gasteiger partial charge is 0.499 e. The summed E-state index contributed by atoms with van der Waals surface area (Å²) < 4.78 is 64.0. The second-order valence-electron chi connectivity index (χ2n) is 2.81. The van der Waals surface area contributed by atoms with E-state index in [1.807, 2.05) is 0 Å². The predicted octanol–water partition coefficient (Wildman–Crippen LogP) is 4.11. The van der Waals surface area contributed by atoms with E-state index in [0.29, 0.717) is 12.8 Å². The molecule has 1 nitrogen and oxygen atoms in total. The Hall–Kier alpha value is -0.590. The molecule has 0 unspecified atom stereocenters. The Morgan fingerprint density at radius 1 is 1.07 bits per heavy atom. The van der Waals surface area contributed by atoms with Crippen LogP contribution >= 0.6 is 15.9 Å². The average Bonchev–Trinajstić information content (AvgIpc) is 2.06. The van der Waals surface area contributed by atoms with E-state index in [4.69, 9.17) is 0 Å². The minimum Gasteiger partial charge on any atom is -0.425 e. The maximum Gasteiger partial charge on any atom is 0.499 e. The molecule has 86 valence electrons. The fourth-order valence-corrected chi connectivity index (χ4v) is 1.38. The van der Waals surface area contributed by atoms with Crippen molar-refractivity contribution in [2.45, 2.75) is 25.1 Å². The summed E-state index contributed by atoms with van der Waals surface area (Å²) in [4.78, 5) is 0. The van der Waals surface area contributed by atoms with Gasteiger partial charge in [-0.15, -0.1) is 0 Å². The maximum absolute atomic E-state index is 12.5. The van der Waals surface area contributed by atoms with Gasteiger partial charge in [0.2, 0.25) is 0 Å². The van der Waals surface area contributed by atoms with Crippen LogP contribution in [0.5, 0.6) is 0 Å². The highest BCUT2D eigenvalue weighted by Gasteiger charge is 2.61. The summed E-state index contributed by atoms with van der Waals surface area (Å²) in [7, 11) is 0. The van der Waals surface area contributed by atoms with Gasteiger partial charge in [-0.1, -0.05) is 6.08 Å². The number of halogens is 6. The summed E-state index contributed by atoms with van der Waals surface area (Å²) >= 11 is 2.84. The number of rotatable bonds is 2. The highest BCUT2D eigenvalue weighted by molar-refractivity contribution is 9.11. The van der Waals surface area contributed by atoms with Gasteiger partial charge in [0, 0.05) is 0 Å². The smallest absolute Gasteiger partial charge is 0.425 e. The first-order chi connectivity index (χ1) is 6.74. The van der Waals surface area contributed by atoms with Crippen LogP contribution in [0.15, 0.2) is 22.4 Å². The lowest BCUT2D eigenvalue weighted by molar-refractivity contribution is -0.378. The molecule has 0 atom stereocenters. The zero-order valence-corrected chi connectivity index (χ0v) is 8.83. The Kier molecular flexibility index (Phi) is 3.42. The van der Waals surface area contributed by atoms with E-state index in [1.54, 1.807) is 0 Å². The van der Waals surface area contributed by atoms with Gasteiger partial charge in [0.25, 0.3) is 0 Å². The fourth-order valence-electron chi connectivity index (χ4n) is 0.909. The van der Waals surface area contributed by atoms with Crippen LogP contribution in [-0.2, 0) is 4.74 Å². The lowest BCUT2D eigenvalue weighted by atomic mass is 10.2. The third kappa shape index (κ3) is 2.93. The molecule has 1 rings (SSSR count). The van der Waals surface area contributed by atoms with Gasteiger partial charge in [-0.25, -0.2) is 0 Å². The summed E-state index contributed by atoms with van der Waals surface area (Å²) in [6, 6.07) is 0. The summed E-state index contributed by atoms with van der Waals surface area (Å²) in [6.07, 6.45) is -7.27. The minimum atomic E-state index is -5.71. The normalized spacial score (nSPS) is 18.3. The first-order valence-electron chi connectivity index (χ1n) is 3.94. The molecule has 1 aliphatic carbocycles. The van der Waals surface area contributed by atoms with Gasteiger partial charge in [-0.3, -0.25) is 0 Å². The Balaban J connectivity index is 2.78. The van der Waals surface area contributed by atoms with Crippen molar-refractivity contribution in [3.63, 3.8) is 0 Å². The van der Waals surface area contributed by atoms with Gasteiger partial charge in [0.05, 0.1) is 4.48 Å². The molecular formula is C8H6BrF5O. The third-order valence-corrected chi connectivity index (χ3v) is 2.34. The lowest BCUT2D eigenvalue weighted by Crippen LogP contribution is -2.39. The first-order valence-corrected chi connectivity index (χ1v) is 4.73. The molecular weight excluding hydrogens is 287 g/mol. The summed E-state index contributed by atoms with van der Waals surface area (Å²) in [6.45, 7) is 0. The molecule has 0 bridgehead atoms. The standard InChI is InChI=1S/C8H6BrF5O/c9-5-3-1-2-4-6(5)15-8(13,14)7(10,11)12/h3-4H,1-2H2. The molecule has 0 aromatic heterocycles. The molecule has 1 aliphatic rings. The van der Waals surface area contributed by atoms with Gasteiger partial charge < -0.3 is 4.74 Å². The number of ether oxygens (including phenoxy) is 1. The van der Waals surface area contributed by atoms with E-state index in [2.05, 4.69) is 20.7 Å². The van der Waals surface area contributed by atoms with Gasteiger partial charge >= 0.3 is 12.3 Å². The van der Waals surface area contributed by atoms with Crippen LogP contribution in [0.3, 0.4) is 0 Å². The third-order valence-electron chi connectivity index (χ3n) is 1.62. The van der Waals surface area contributed by atoms with Crippen LogP contribution in [0.2, 0.25) is 0 Å². The molecule has 15 heavy (non-hydrogen) atoms. The van der Waals surface area contributed by atoms with Crippen LogP contribution in [0, 0.1) is 0 Å². The van der Waals surface area contributed by atoms with Gasteiger partial charge in [-0.05, 0) is 34.8 Å². The van der Waals surface area contributed by atoms with Crippen LogP contribution in [0.1, 0.15) is 12.8 Å². The highest BCUT2D eigenvalue weighted by Crippen LogP contribution is 2.40. The van der Waals surface area contributed by atoms with E-state index >= 15 is 0 Å². The van der Waals surface area contributed by atoms with Crippen molar-refractivity contribution >= 4 is 15.9 Å². The summed E-state index contributed by atoms with van der Waals surface area (Å²) in [5.74, 6) is -0.483. The fraction of sp³-hybridized carbons (Fsp3) is 0.500. The molecule has 0 N–H and O–H groups in total. The van der Waals surface area contributed by atoms with Crippen LogP contribution in [-0.4, -0.2) is 12.3 Å². The quantitative estimate of drug-likeness (QED) is 0.696. The van der Waals surface area contributed by atoms with Crippen molar-refractivity contribution in [3.8, 4) is 0 Å². The van der Waals surface area contributed by atoms with Crippen LogP contribution in [0.25, 0.3) is 0 Å².